The Morgan fingerprint density at radius 3 is 2.48 bits per heavy atom. The second-order valence-corrected chi connectivity index (χ2v) is 12.6. The molecule has 5 N–H and O–H groups in total. The molecule has 0 radical (unpaired) electrons. The van der Waals surface area contributed by atoms with E-state index in [1.807, 2.05) is 6.92 Å². The second-order valence-electron chi connectivity index (χ2n) is 12.6. The Morgan fingerprint density at radius 1 is 1.14 bits per heavy atom. The lowest BCUT2D eigenvalue weighted by atomic mass is 9.44. The quantitative estimate of drug-likeness (QED) is 0.198. The van der Waals surface area contributed by atoms with Crippen LogP contribution in [0.5, 0.6) is 0 Å². The minimum atomic E-state index is -1.74. The molecular weight excluding hydrogens is 584 g/mol. The van der Waals surface area contributed by atoms with E-state index in [0.717, 1.165) is 0 Å². The summed E-state index contributed by atoms with van der Waals surface area (Å²) < 4.78 is 33.8. The van der Waals surface area contributed by atoms with Crippen LogP contribution in [0.15, 0.2) is 34.7 Å². The molecule has 44 heavy (non-hydrogen) atoms. The van der Waals surface area contributed by atoms with E-state index >= 15 is 0 Å². The Hall–Kier alpha value is -2.85. The van der Waals surface area contributed by atoms with Crippen molar-refractivity contribution in [3.8, 4) is 0 Å². The highest BCUT2D eigenvalue weighted by molar-refractivity contribution is 5.91. The maximum atomic E-state index is 13.7. The van der Waals surface area contributed by atoms with Crippen LogP contribution in [0.3, 0.4) is 0 Å². The Bertz CT molecular complexity index is 1260. The van der Waals surface area contributed by atoms with E-state index in [4.69, 9.17) is 28.1 Å². The van der Waals surface area contributed by atoms with Gasteiger partial charge in [-0.3, -0.25) is 4.79 Å². The third-order valence-corrected chi connectivity index (χ3v) is 10.1. The molecule has 1 aromatic heterocycles. The molecule has 0 aromatic carbocycles. The van der Waals surface area contributed by atoms with Gasteiger partial charge in [-0.1, -0.05) is 13.8 Å². The first-order chi connectivity index (χ1) is 20.8. The van der Waals surface area contributed by atoms with Gasteiger partial charge in [-0.15, -0.1) is 0 Å². The van der Waals surface area contributed by atoms with Crippen LogP contribution in [0.4, 0.5) is 0 Å². The predicted molar refractivity (Wildman–Crippen MR) is 145 cm³/mol. The van der Waals surface area contributed by atoms with Crippen molar-refractivity contribution < 1.29 is 68.0 Å². The molecule has 14 nitrogen and oxygen atoms in total. The summed E-state index contributed by atoms with van der Waals surface area (Å²) in [6.45, 7) is 4.25. The topological polar surface area (TPSA) is 212 Å². The van der Waals surface area contributed by atoms with Crippen molar-refractivity contribution in [2.24, 2.45) is 22.7 Å². The highest BCUT2D eigenvalue weighted by Gasteiger charge is 2.67. The van der Waals surface area contributed by atoms with E-state index in [1.54, 1.807) is 13.0 Å². The van der Waals surface area contributed by atoms with Crippen LogP contribution < -0.4 is 0 Å². The van der Waals surface area contributed by atoms with Crippen molar-refractivity contribution in [3.05, 3.63) is 35.8 Å². The molecule has 0 spiro atoms. The molecule has 13 unspecified atom stereocenters. The highest BCUT2D eigenvalue weighted by Crippen LogP contribution is 2.66. The van der Waals surface area contributed by atoms with Gasteiger partial charge in [0.1, 0.15) is 42.7 Å². The number of aliphatic hydroxyl groups is 5. The van der Waals surface area contributed by atoms with Gasteiger partial charge in [0, 0.05) is 16.6 Å². The Balaban J connectivity index is 1.60. The van der Waals surface area contributed by atoms with E-state index in [-0.39, 0.29) is 18.4 Å². The molecule has 3 heterocycles. The summed E-state index contributed by atoms with van der Waals surface area (Å²) in [5, 5.41) is 51.0. The Labute approximate surface area is 253 Å². The van der Waals surface area contributed by atoms with Gasteiger partial charge in [0.15, 0.2) is 6.29 Å². The van der Waals surface area contributed by atoms with Crippen molar-refractivity contribution >= 4 is 17.9 Å². The molecule has 0 bridgehead atoms. The molecule has 2 aliphatic carbocycles. The highest BCUT2D eigenvalue weighted by atomic mass is 16.7. The first kappa shape index (κ1) is 32.5. The maximum Gasteiger partial charge on any atom is 0.335 e. The van der Waals surface area contributed by atoms with E-state index in [9.17, 15) is 39.9 Å². The number of fused-ring (bicyclic) bond motifs is 3. The summed E-state index contributed by atoms with van der Waals surface area (Å²) in [5.41, 5.74) is -1.38. The average molecular weight is 625 g/mol. The largest absolute Gasteiger partial charge is 0.472 e. The number of ether oxygens (including phenoxy) is 5. The number of furan rings is 1. The molecule has 3 fully saturated rings. The van der Waals surface area contributed by atoms with Crippen LogP contribution in [0, 0.1) is 22.7 Å². The molecule has 2 saturated heterocycles. The minimum Gasteiger partial charge on any atom is -0.472 e. The number of rotatable bonds is 7. The summed E-state index contributed by atoms with van der Waals surface area (Å²) in [6.07, 6.45) is -7.13. The fourth-order valence-electron chi connectivity index (χ4n) is 7.65. The van der Waals surface area contributed by atoms with Crippen LogP contribution in [-0.2, 0) is 38.1 Å². The minimum absolute atomic E-state index is 0.00191. The first-order valence-corrected chi connectivity index (χ1v) is 14.6. The molecular formula is C30H40O14. The fourth-order valence-corrected chi connectivity index (χ4v) is 7.65. The zero-order chi connectivity index (χ0) is 32.1. The van der Waals surface area contributed by atoms with E-state index < -0.39 is 102 Å². The number of methoxy groups -OCH3 is 1. The Morgan fingerprint density at radius 2 is 1.86 bits per heavy atom. The van der Waals surface area contributed by atoms with Gasteiger partial charge in [0.25, 0.3) is 0 Å². The van der Waals surface area contributed by atoms with E-state index in [0.29, 0.717) is 12.0 Å². The number of cyclic esters (lactones) is 1. The fraction of sp³-hybridized carbons (Fsp3) is 0.700. The molecule has 1 aromatic rings. The van der Waals surface area contributed by atoms with Crippen LogP contribution in [0.2, 0.25) is 0 Å². The third-order valence-electron chi connectivity index (χ3n) is 10.1. The summed E-state index contributed by atoms with van der Waals surface area (Å²) in [7, 11) is 1.20. The number of esters is 3. The van der Waals surface area contributed by atoms with Gasteiger partial charge >= 0.3 is 17.9 Å². The normalized spacial score (nSPS) is 42.7. The first-order valence-electron chi connectivity index (χ1n) is 14.6. The van der Waals surface area contributed by atoms with E-state index in [1.165, 1.54) is 32.6 Å². The lowest BCUT2D eigenvalue weighted by molar-refractivity contribution is -0.329. The molecule has 2 aliphatic heterocycles. The summed E-state index contributed by atoms with van der Waals surface area (Å²) in [5.74, 6) is -3.57. The molecule has 1 saturated carbocycles. The van der Waals surface area contributed by atoms with Gasteiger partial charge in [-0.2, -0.15) is 0 Å². The van der Waals surface area contributed by atoms with Gasteiger partial charge in [-0.25, -0.2) is 9.59 Å². The number of hydrogen-bond acceptors (Lipinski definition) is 14. The van der Waals surface area contributed by atoms with Gasteiger partial charge < -0.3 is 53.6 Å². The van der Waals surface area contributed by atoms with Crippen LogP contribution in [0.25, 0.3) is 0 Å². The molecule has 5 rings (SSSR count). The zero-order valence-electron chi connectivity index (χ0n) is 24.9. The van der Waals surface area contributed by atoms with Gasteiger partial charge in [0.05, 0.1) is 38.3 Å². The summed E-state index contributed by atoms with van der Waals surface area (Å²) in [6, 6.07) is 1.70. The van der Waals surface area contributed by atoms with Crippen LogP contribution >= 0.6 is 0 Å². The standard InChI is InChI=1S/C30H40O14/c1-13(32)25(36)41-15-7-17(26(37)39-4)30(3)20(8-15)29(2)10-18(14-5-6-40-12-14)42-27(38)16(29)9-21(30)44-28-24(35)23(34)22(33)19(11-31)43-28/h5-7,12-13,15-16,18-24,28,31-35H,8-11H2,1-4H3. The number of hydrogen-bond donors (Lipinski definition) is 5. The molecule has 13 atom stereocenters. The lowest BCUT2D eigenvalue weighted by Gasteiger charge is -2.62. The van der Waals surface area contributed by atoms with Crippen molar-refractivity contribution in [1.29, 1.82) is 0 Å². The van der Waals surface area contributed by atoms with Crippen molar-refractivity contribution in [2.75, 3.05) is 13.7 Å². The molecule has 4 aliphatic rings. The molecule has 0 amide bonds. The number of carbonyl (C=O) groups excluding carboxylic acids is 3. The van der Waals surface area contributed by atoms with E-state index in [2.05, 4.69) is 0 Å². The summed E-state index contributed by atoms with van der Waals surface area (Å²) >= 11 is 0. The number of aliphatic hydroxyl groups excluding tert-OH is 5. The molecule has 14 heteroatoms. The Kier molecular flexibility index (Phi) is 8.99. The lowest BCUT2D eigenvalue weighted by Crippen LogP contribution is -2.66. The maximum absolute atomic E-state index is 13.7. The van der Waals surface area contributed by atoms with Crippen molar-refractivity contribution in [2.45, 2.75) is 95.2 Å². The third kappa shape index (κ3) is 5.36. The second kappa shape index (κ2) is 12.2. The zero-order valence-corrected chi connectivity index (χ0v) is 24.9. The van der Waals surface area contributed by atoms with Crippen molar-refractivity contribution in [1.82, 2.24) is 0 Å². The predicted octanol–water partition coefficient (Wildman–Crippen LogP) is -0.103. The van der Waals surface area contributed by atoms with Crippen molar-refractivity contribution in [3.63, 3.8) is 0 Å². The average Bonchev–Trinajstić information content (AvgIpc) is 3.53. The SMILES string of the molecule is COC(=O)C1=CC(OC(=O)C(C)O)CC2C3(C)CC(c4ccoc4)OC(=O)C3CC(OC3OC(CO)C(O)C(O)C3O)C12C. The van der Waals surface area contributed by atoms with Gasteiger partial charge in [0.2, 0.25) is 0 Å². The summed E-state index contributed by atoms with van der Waals surface area (Å²) in [4.78, 5) is 39.6. The van der Waals surface area contributed by atoms with Crippen LogP contribution in [0.1, 0.15) is 51.7 Å². The number of carbonyl (C=O) groups is 3. The smallest absolute Gasteiger partial charge is 0.335 e. The van der Waals surface area contributed by atoms with Gasteiger partial charge in [-0.05, 0) is 49.7 Å². The monoisotopic (exact) mass is 624 g/mol. The molecule has 244 valence electrons. The van der Waals surface area contributed by atoms with Crippen LogP contribution in [-0.4, -0.2) is 106 Å².